The Bertz CT molecular complexity index is 903. The van der Waals surface area contributed by atoms with Crippen LogP contribution in [0, 0.1) is 0 Å². The maximum absolute atomic E-state index is 12.6. The average molecular weight is 448 g/mol. The third-order valence-electron chi connectivity index (χ3n) is 3.24. The molecule has 0 spiro atoms. The molecule has 2 rings (SSSR count). The minimum absolute atomic E-state index is 0.0615. The van der Waals surface area contributed by atoms with Gasteiger partial charge in [-0.2, -0.15) is 0 Å². The van der Waals surface area contributed by atoms with E-state index in [2.05, 4.69) is 26.0 Å². The third kappa shape index (κ3) is 4.65. The molecule has 0 aliphatic rings. The van der Waals surface area contributed by atoms with E-state index in [1.165, 1.54) is 31.4 Å². The van der Waals surface area contributed by atoms with Gasteiger partial charge in [0.2, 0.25) is 0 Å². The summed E-state index contributed by atoms with van der Waals surface area (Å²) < 4.78 is 33.4. The number of halogens is 2. The second-order valence-electron chi connectivity index (χ2n) is 4.96. The molecule has 6 nitrogen and oxygen atoms in total. The van der Waals surface area contributed by atoms with Gasteiger partial charge in [-0.25, -0.2) is 8.42 Å². The third-order valence-corrected chi connectivity index (χ3v) is 5.85. The zero-order valence-electron chi connectivity index (χ0n) is 13.5. The maximum atomic E-state index is 12.6. The van der Waals surface area contributed by atoms with E-state index >= 15 is 0 Å². The fourth-order valence-electron chi connectivity index (χ4n) is 2.06. The molecule has 134 valence electrons. The summed E-state index contributed by atoms with van der Waals surface area (Å²) in [4.78, 5) is 12.1. The van der Waals surface area contributed by atoms with Crippen LogP contribution in [0.3, 0.4) is 0 Å². The molecule has 2 aromatic carbocycles. The number of ether oxygens (including phenoxy) is 1. The van der Waals surface area contributed by atoms with E-state index in [1.807, 2.05) is 0 Å². The van der Waals surface area contributed by atoms with Gasteiger partial charge in [-0.1, -0.05) is 11.6 Å². The highest BCUT2D eigenvalue weighted by Gasteiger charge is 2.20. The number of benzene rings is 2. The van der Waals surface area contributed by atoms with Crippen molar-refractivity contribution in [2.45, 2.75) is 11.8 Å². The van der Waals surface area contributed by atoms with Crippen molar-refractivity contribution in [3.63, 3.8) is 0 Å². The van der Waals surface area contributed by atoms with Crippen molar-refractivity contribution in [2.75, 3.05) is 18.4 Å². The van der Waals surface area contributed by atoms with E-state index in [0.717, 1.165) is 0 Å². The Morgan fingerprint density at radius 2 is 1.96 bits per heavy atom. The Kier molecular flexibility index (Phi) is 6.31. The first-order chi connectivity index (χ1) is 11.8. The summed E-state index contributed by atoms with van der Waals surface area (Å²) in [5.41, 5.74) is 0.449. The number of nitrogens with one attached hydrogen (secondary N) is 2. The number of carbonyl (C=O) groups is 1. The van der Waals surface area contributed by atoms with E-state index in [9.17, 15) is 13.2 Å². The molecule has 0 bridgehead atoms. The summed E-state index contributed by atoms with van der Waals surface area (Å²) in [5.74, 6) is -0.125. The van der Waals surface area contributed by atoms with Gasteiger partial charge in [-0.3, -0.25) is 9.52 Å². The number of carbonyl (C=O) groups excluding carboxylic acids is 1. The number of hydrogen-bond acceptors (Lipinski definition) is 4. The summed E-state index contributed by atoms with van der Waals surface area (Å²) in [6.45, 7) is 2.18. The molecule has 0 aromatic heterocycles. The summed E-state index contributed by atoms with van der Waals surface area (Å²) >= 11 is 9.22. The topological polar surface area (TPSA) is 84.5 Å². The largest absolute Gasteiger partial charge is 0.496 e. The number of hydrogen-bond donors (Lipinski definition) is 2. The molecule has 2 aromatic rings. The number of rotatable bonds is 6. The highest BCUT2D eigenvalue weighted by atomic mass is 79.9. The van der Waals surface area contributed by atoms with Gasteiger partial charge >= 0.3 is 0 Å². The lowest BCUT2D eigenvalue weighted by Crippen LogP contribution is -2.24. The molecule has 0 saturated carbocycles. The Hall–Kier alpha value is -1.77. The van der Waals surface area contributed by atoms with E-state index < -0.39 is 15.9 Å². The molecule has 0 aliphatic carbocycles. The van der Waals surface area contributed by atoms with E-state index in [-0.39, 0.29) is 16.2 Å². The molecule has 0 saturated heterocycles. The summed E-state index contributed by atoms with van der Waals surface area (Å²) in [5, 5.41) is 2.99. The van der Waals surface area contributed by atoms with E-state index in [1.54, 1.807) is 19.1 Å². The second-order valence-corrected chi connectivity index (χ2v) is 7.90. The van der Waals surface area contributed by atoms with Crippen molar-refractivity contribution in [1.29, 1.82) is 0 Å². The molecule has 0 unspecified atom stereocenters. The van der Waals surface area contributed by atoms with Gasteiger partial charge < -0.3 is 10.1 Å². The van der Waals surface area contributed by atoms with Crippen LogP contribution in [-0.4, -0.2) is 28.0 Å². The molecule has 25 heavy (non-hydrogen) atoms. The van der Waals surface area contributed by atoms with Crippen LogP contribution in [0.1, 0.15) is 17.3 Å². The zero-order valence-corrected chi connectivity index (χ0v) is 16.6. The highest BCUT2D eigenvalue weighted by Crippen LogP contribution is 2.28. The molecule has 0 atom stereocenters. The summed E-state index contributed by atoms with van der Waals surface area (Å²) in [6.07, 6.45) is 0. The first kappa shape index (κ1) is 19.6. The van der Waals surface area contributed by atoms with Gasteiger partial charge in [0.25, 0.3) is 15.9 Å². The molecule has 0 fully saturated rings. The second kappa shape index (κ2) is 8.07. The highest BCUT2D eigenvalue weighted by molar-refractivity contribution is 9.10. The van der Waals surface area contributed by atoms with Crippen LogP contribution >= 0.6 is 27.5 Å². The standard InChI is InChI=1S/C16H16BrClN2O4S/c1-3-19-16(21)12-9-11(5-7-15(12)24-2)25(22,23)20-10-4-6-13(17)14(18)8-10/h4-9,20H,3H2,1-2H3,(H,19,21). The quantitative estimate of drug-likeness (QED) is 0.708. The number of amides is 1. The lowest BCUT2D eigenvalue weighted by molar-refractivity contribution is 0.0952. The lowest BCUT2D eigenvalue weighted by atomic mass is 10.2. The Morgan fingerprint density at radius 3 is 2.56 bits per heavy atom. The van der Waals surface area contributed by atoms with Crippen molar-refractivity contribution in [3.05, 3.63) is 51.5 Å². The molecular formula is C16H16BrClN2O4S. The molecule has 0 radical (unpaired) electrons. The van der Waals surface area contributed by atoms with Crippen molar-refractivity contribution in [2.24, 2.45) is 0 Å². The number of sulfonamides is 1. The van der Waals surface area contributed by atoms with Crippen molar-refractivity contribution in [1.82, 2.24) is 5.32 Å². The van der Waals surface area contributed by atoms with Gasteiger partial charge in [0.05, 0.1) is 28.3 Å². The van der Waals surface area contributed by atoms with Crippen molar-refractivity contribution in [3.8, 4) is 5.75 Å². The van der Waals surface area contributed by atoms with Gasteiger partial charge in [0.15, 0.2) is 0 Å². The van der Waals surface area contributed by atoms with Crippen molar-refractivity contribution < 1.29 is 17.9 Å². The maximum Gasteiger partial charge on any atom is 0.261 e. The first-order valence-corrected chi connectivity index (χ1v) is 9.88. The van der Waals surface area contributed by atoms with E-state index in [4.69, 9.17) is 16.3 Å². The minimum atomic E-state index is -3.90. The van der Waals surface area contributed by atoms with Crippen LogP contribution < -0.4 is 14.8 Å². The Morgan fingerprint density at radius 1 is 1.24 bits per heavy atom. The normalized spacial score (nSPS) is 11.0. The molecule has 0 heterocycles. The van der Waals surface area contributed by atoms with E-state index in [0.29, 0.717) is 21.7 Å². The van der Waals surface area contributed by atoms with Crippen LogP contribution in [0.2, 0.25) is 5.02 Å². The van der Waals surface area contributed by atoms with Crippen molar-refractivity contribution >= 4 is 49.1 Å². The van der Waals surface area contributed by atoms with Gasteiger partial charge in [0, 0.05) is 11.0 Å². The van der Waals surface area contributed by atoms with Crippen LogP contribution in [0.5, 0.6) is 5.75 Å². The summed E-state index contributed by atoms with van der Waals surface area (Å²) in [6, 6.07) is 8.76. The monoisotopic (exact) mass is 446 g/mol. The molecular weight excluding hydrogens is 432 g/mol. The zero-order chi connectivity index (χ0) is 18.6. The Balaban J connectivity index is 2.40. The number of methoxy groups -OCH3 is 1. The molecule has 2 N–H and O–H groups in total. The van der Waals surface area contributed by atoms with Gasteiger partial charge in [-0.15, -0.1) is 0 Å². The van der Waals surface area contributed by atoms with Gasteiger partial charge in [0.1, 0.15) is 5.75 Å². The SMILES string of the molecule is CCNC(=O)c1cc(S(=O)(=O)Nc2ccc(Br)c(Cl)c2)ccc1OC. The number of anilines is 1. The fraction of sp³-hybridized carbons (Fsp3) is 0.188. The van der Waals surface area contributed by atoms with Crippen LogP contribution in [0.15, 0.2) is 45.8 Å². The molecule has 1 amide bonds. The summed E-state index contributed by atoms with van der Waals surface area (Å²) in [7, 11) is -2.49. The predicted molar refractivity (Wildman–Crippen MR) is 101 cm³/mol. The average Bonchev–Trinajstić information content (AvgIpc) is 2.57. The lowest BCUT2D eigenvalue weighted by Gasteiger charge is -2.12. The first-order valence-electron chi connectivity index (χ1n) is 7.22. The van der Waals surface area contributed by atoms with Crippen LogP contribution in [-0.2, 0) is 10.0 Å². The molecule has 0 aliphatic heterocycles. The van der Waals surface area contributed by atoms with Crippen LogP contribution in [0.4, 0.5) is 5.69 Å². The minimum Gasteiger partial charge on any atom is -0.496 e. The molecule has 9 heteroatoms. The Labute approximate surface area is 159 Å². The smallest absolute Gasteiger partial charge is 0.261 e. The van der Waals surface area contributed by atoms with Gasteiger partial charge in [-0.05, 0) is 59.3 Å². The fourth-order valence-corrected chi connectivity index (χ4v) is 3.56. The van der Waals surface area contributed by atoms with Crippen LogP contribution in [0.25, 0.3) is 0 Å². The predicted octanol–water partition coefficient (Wildman–Crippen LogP) is 3.66.